The van der Waals surface area contributed by atoms with Gasteiger partial charge in [-0.05, 0) is 12.8 Å². The van der Waals surface area contributed by atoms with E-state index < -0.39 is 0 Å². The van der Waals surface area contributed by atoms with Crippen molar-refractivity contribution in [1.82, 2.24) is 19.9 Å². The molecule has 7 heteroatoms. The summed E-state index contributed by atoms with van der Waals surface area (Å²) in [7, 11) is 0. The lowest BCUT2D eigenvalue weighted by molar-refractivity contribution is -0.140. The Bertz CT molecular complexity index is 737. The second-order valence-corrected chi connectivity index (χ2v) is 8.29. The highest BCUT2D eigenvalue weighted by Gasteiger charge is 2.32. The van der Waals surface area contributed by atoms with Crippen LogP contribution in [0.3, 0.4) is 0 Å². The van der Waals surface area contributed by atoms with Gasteiger partial charge in [0.25, 0.3) is 0 Å². The van der Waals surface area contributed by atoms with E-state index in [9.17, 15) is 4.79 Å². The molecule has 0 aromatic carbocycles. The Morgan fingerprint density at radius 3 is 2.79 bits per heavy atom. The summed E-state index contributed by atoms with van der Waals surface area (Å²) >= 11 is 1.40. The number of hydrogen-bond acceptors (Lipinski definition) is 6. The molecule has 1 amide bonds. The first-order valence-corrected chi connectivity index (χ1v) is 8.99. The number of carbonyl (C=O) groups is 1. The minimum absolute atomic E-state index is 0.201. The third-order valence-corrected chi connectivity index (χ3v) is 5.05. The van der Waals surface area contributed by atoms with Crippen molar-refractivity contribution in [2.24, 2.45) is 5.41 Å². The van der Waals surface area contributed by atoms with Crippen LogP contribution in [0.4, 0.5) is 5.13 Å². The van der Waals surface area contributed by atoms with Crippen molar-refractivity contribution < 1.29 is 4.79 Å². The van der Waals surface area contributed by atoms with Gasteiger partial charge in [-0.25, -0.2) is 9.97 Å². The normalized spacial score (nSPS) is 18.6. The number of hydrogen-bond donors (Lipinski definition) is 1. The molecule has 0 spiro atoms. The molecule has 2 aromatic rings. The molecular weight excluding hydrogens is 322 g/mol. The molecule has 0 aliphatic carbocycles. The van der Waals surface area contributed by atoms with Crippen molar-refractivity contribution in [3.05, 3.63) is 24.3 Å². The zero-order chi connectivity index (χ0) is 17.3. The number of nitrogens with two attached hydrogens (primary N) is 1. The number of piperidine rings is 1. The highest BCUT2D eigenvalue weighted by molar-refractivity contribution is 7.18. The molecule has 1 fully saturated rings. The minimum atomic E-state index is -0.352. The molecule has 0 unspecified atom stereocenters. The van der Waals surface area contributed by atoms with Gasteiger partial charge in [0.2, 0.25) is 5.91 Å². The highest BCUT2D eigenvalue weighted by Crippen LogP contribution is 2.31. The first-order valence-electron chi connectivity index (χ1n) is 8.17. The first-order chi connectivity index (χ1) is 11.3. The molecule has 128 valence electrons. The number of thiazole rings is 1. The average molecular weight is 345 g/mol. The Labute approximate surface area is 146 Å². The second kappa shape index (κ2) is 6.47. The maximum atomic E-state index is 12.6. The van der Waals surface area contributed by atoms with Crippen LogP contribution in [0.2, 0.25) is 0 Å². The van der Waals surface area contributed by atoms with Crippen LogP contribution in [0.15, 0.2) is 18.6 Å². The van der Waals surface area contributed by atoms with Gasteiger partial charge in [0.15, 0.2) is 5.13 Å². The van der Waals surface area contributed by atoms with E-state index in [4.69, 9.17) is 10.7 Å². The fraction of sp³-hybridized carbons (Fsp3) is 0.529. The number of amides is 1. The number of nitrogens with zero attached hydrogens (tertiary/aromatic N) is 4. The topological polar surface area (TPSA) is 85.0 Å². The van der Waals surface area contributed by atoms with Crippen LogP contribution in [0, 0.1) is 5.41 Å². The molecule has 1 saturated heterocycles. The van der Waals surface area contributed by atoms with Crippen molar-refractivity contribution >= 4 is 22.4 Å². The average Bonchev–Trinajstić information content (AvgIpc) is 3.00. The lowest BCUT2D eigenvalue weighted by Crippen LogP contribution is -2.44. The minimum Gasteiger partial charge on any atom is -0.375 e. The third kappa shape index (κ3) is 3.56. The van der Waals surface area contributed by atoms with E-state index in [1.807, 2.05) is 31.9 Å². The van der Waals surface area contributed by atoms with Crippen molar-refractivity contribution in [3.8, 4) is 10.6 Å². The Hall–Kier alpha value is -2.02. The van der Waals surface area contributed by atoms with Crippen molar-refractivity contribution in [1.29, 1.82) is 0 Å². The summed E-state index contributed by atoms with van der Waals surface area (Å²) in [4.78, 5) is 28.6. The summed E-state index contributed by atoms with van der Waals surface area (Å²) < 4.78 is 0. The molecule has 6 nitrogen and oxygen atoms in total. The number of nitrogen functional groups attached to an aromatic ring is 1. The predicted molar refractivity (Wildman–Crippen MR) is 95.6 cm³/mol. The standard InChI is InChI=1S/C17H23N5OS/c1-17(2,3)15(23)22-6-4-5-11(10-22)12-7-19-8-13(21-12)14-9-20-16(18)24-14/h7-9,11H,4-6,10H2,1-3H3,(H2,18,20)/t11-/m0/s1. The van der Waals surface area contributed by atoms with E-state index in [0.717, 1.165) is 35.7 Å². The Balaban J connectivity index is 1.80. The molecular formula is C17H23N5OS. The molecule has 1 atom stereocenters. The largest absolute Gasteiger partial charge is 0.375 e. The zero-order valence-corrected chi connectivity index (χ0v) is 15.1. The van der Waals surface area contributed by atoms with Crippen molar-refractivity contribution in [2.75, 3.05) is 18.8 Å². The molecule has 0 radical (unpaired) electrons. The lowest BCUT2D eigenvalue weighted by atomic mass is 9.90. The summed E-state index contributed by atoms with van der Waals surface area (Å²) in [6.07, 6.45) is 7.29. The summed E-state index contributed by atoms with van der Waals surface area (Å²) in [5, 5.41) is 0.525. The van der Waals surface area contributed by atoms with Gasteiger partial charge in [0.1, 0.15) is 5.69 Å². The Morgan fingerprint density at radius 1 is 1.33 bits per heavy atom. The smallest absolute Gasteiger partial charge is 0.227 e. The van der Waals surface area contributed by atoms with E-state index >= 15 is 0 Å². The van der Waals surface area contributed by atoms with Crippen molar-refractivity contribution in [2.45, 2.75) is 39.5 Å². The molecule has 1 aliphatic heterocycles. The van der Waals surface area contributed by atoms with Crippen LogP contribution in [-0.2, 0) is 4.79 Å². The van der Waals surface area contributed by atoms with E-state index in [-0.39, 0.29) is 17.2 Å². The fourth-order valence-electron chi connectivity index (χ4n) is 2.98. The molecule has 24 heavy (non-hydrogen) atoms. The quantitative estimate of drug-likeness (QED) is 0.904. The molecule has 3 rings (SSSR count). The van der Waals surface area contributed by atoms with Crippen LogP contribution in [-0.4, -0.2) is 38.8 Å². The third-order valence-electron chi connectivity index (χ3n) is 4.20. The van der Waals surface area contributed by atoms with Crippen LogP contribution in [0.5, 0.6) is 0 Å². The molecule has 2 aromatic heterocycles. The maximum absolute atomic E-state index is 12.6. The van der Waals surface area contributed by atoms with Crippen LogP contribution in [0.25, 0.3) is 10.6 Å². The first kappa shape index (κ1) is 16.8. The lowest BCUT2D eigenvalue weighted by Gasteiger charge is -2.36. The second-order valence-electron chi connectivity index (χ2n) is 7.23. The number of aromatic nitrogens is 3. The van der Waals surface area contributed by atoms with Gasteiger partial charge in [0.05, 0.1) is 16.8 Å². The van der Waals surface area contributed by atoms with E-state index in [0.29, 0.717) is 11.7 Å². The maximum Gasteiger partial charge on any atom is 0.227 e. The number of rotatable bonds is 2. The SMILES string of the molecule is CC(C)(C)C(=O)N1CCC[C@H](c2cncc(-c3cnc(N)s3)n2)C1. The van der Waals surface area contributed by atoms with Gasteiger partial charge >= 0.3 is 0 Å². The van der Waals surface area contributed by atoms with E-state index in [1.54, 1.807) is 12.4 Å². The van der Waals surface area contributed by atoms with E-state index in [2.05, 4.69) is 9.97 Å². The molecule has 0 bridgehead atoms. The molecule has 2 N–H and O–H groups in total. The molecule has 3 heterocycles. The van der Waals surface area contributed by atoms with Crippen LogP contribution >= 0.6 is 11.3 Å². The van der Waals surface area contributed by atoms with E-state index in [1.165, 1.54) is 11.3 Å². The summed E-state index contributed by atoms with van der Waals surface area (Å²) in [6.45, 7) is 7.43. The molecule has 1 aliphatic rings. The van der Waals surface area contributed by atoms with Crippen LogP contribution in [0.1, 0.15) is 45.2 Å². The zero-order valence-electron chi connectivity index (χ0n) is 14.3. The Morgan fingerprint density at radius 2 is 2.12 bits per heavy atom. The summed E-state index contributed by atoms with van der Waals surface area (Å²) in [5.41, 5.74) is 7.08. The Kier molecular flexibility index (Phi) is 4.54. The van der Waals surface area contributed by atoms with Gasteiger partial charge in [-0.3, -0.25) is 9.78 Å². The fourth-order valence-corrected chi connectivity index (χ4v) is 3.62. The van der Waals surface area contributed by atoms with Gasteiger partial charge in [0, 0.05) is 36.8 Å². The predicted octanol–water partition coefficient (Wildman–Crippen LogP) is 2.93. The van der Waals surface area contributed by atoms with Gasteiger partial charge in [-0.1, -0.05) is 32.1 Å². The summed E-state index contributed by atoms with van der Waals surface area (Å²) in [5.74, 6) is 0.425. The van der Waals surface area contributed by atoms with Crippen LogP contribution < -0.4 is 5.73 Å². The van der Waals surface area contributed by atoms with Gasteiger partial charge < -0.3 is 10.6 Å². The van der Waals surface area contributed by atoms with Gasteiger partial charge in [-0.15, -0.1) is 0 Å². The van der Waals surface area contributed by atoms with Gasteiger partial charge in [-0.2, -0.15) is 0 Å². The highest BCUT2D eigenvalue weighted by atomic mass is 32.1. The number of anilines is 1. The van der Waals surface area contributed by atoms with Crippen molar-refractivity contribution in [3.63, 3.8) is 0 Å². The number of carbonyl (C=O) groups excluding carboxylic acids is 1. The number of likely N-dealkylation sites (tertiary alicyclic amines) is 1. The monoisotopic (exact) mass is 345 g/mol. The summed E-state index contributed by atoms with van der Waals surface area (Å²) in [6, 6.07) is 0. The molecule has 0 saturated carbocycles.